The fraction of sp³-hybridized carbons (Fsp3) is 0.176. The predicted molar refractivity (Wildman–Crippen MR) is 77.1 cm³/mol. The lowest BCUT2D eigenvalue weighted by atomic mass is 10.1. The number of ether oxygens (including phenoxy) is 1. The summed E-state index contributed by atoms with van der Waals surface area (Å²) in [5.74, 6) is -1.23. The van der Waals surface area contributed by atoms with Gasteiger partial charge in [-0.1, -0.05) is 30.3 Å². The van der Waals surface area contributed by atoms with Gasteiger partial charge in [-0.25, -0.2) is 4.79 Å². The lowest BCUT2D eigenvalue weighted by molar-refractivity contribution is -0.137. The molecule has 23 heavy (non-hydrogen) atoms. The van der Waals surface area contributed by atoms with Crippen molar-refractivity contribution in [2.45, 2.75) is 19.2 Å². The zero-order valence-corrected chi connectivity index (χ0v) is 12.1. The summed E-state index contributed by atoms with van der Waals surface area (Å²) >= 11 is 0. The number of alkyl halides is 3. The number of hydrogen-bond acceptors (Lipinski definition) is 3. The van der Waals surface area contributed by atoms with Gasteiger partial charge in [-0.2, -0.15) is 13.2 Å². The van der Waals surface area contributed by atoms with Crippen LogP contribution in [0.1, 0.15) is 33.2 Å². The number of ketones is 1. The van der Waals surface area contributed by atoms with Gasteiger partial charge in [0.25, 0.3) is 0 Å². The number of carbonyl (C=O) groups is 2. The van der Waals surface area contributed by atoms with E-state index in [1.165, 1.54) is 6.92 Å². The zero-order valence-electron chi connectivity index (χ0n) is 12.1. The van der Waals surface area contributed by atoms with Gasteiger partial charge in [-0.3, -0.25) is 4.79 Å². The van der Waals surface area contributed by atoms with E-state index < -0.39 is 23.8 Å². The molecule has 0 aliphatic carbocycles. The number of rotatable bonds is 4. The van der Waals surface area contributed by atoms with E-state index in [-0.39, 0.29) is 11.3 Å². The van der Waals surface area contributed by atoms with Gasteiger partial charge in [-0.05, 0) is 31.2 Å². The molecule has 0 aromatic heterocycles. The third-order valence-corrected chi connectivity index (χ3v) is 3.16. The Bertz CT molecular complexity index is 691. The minimum atomic E-state index is -4.47. The quantitative estimate of drug-likeness (QED) is 0.628. The van der Waals surface area contributed by atoms with Gasteiger partial charge in [0, 0.05) is 5.56 Å². The molecule has 2 aromatic rings. The van der Waals surface area contributed by atoms with Crippen molar-refractivity contribution in [2.75, 3.05) is 0 Å². The van der Waals surface area contributed by atoms with Crippen molar-refractivity contribution in [3.63, 3.8) is 0 Å². The van der Waals surface area contributed by atoms with E-state index in [2.05, 4.69) is 0 Å². The maximum atomic E-state index is 12.5. The van der Waals surface area contributed by atoms with Crippen molar-refractivity contribution in [3.05, 3.63) is 71.3 Å². The average molecular weight is 322 g/mol. The highest BCUT2D eigenvalue weighted by Gasteiger charge is 2.30. The van der Waals surface area contributed by atoms with Crippen molar-refractivity contribution in [2.24, 2.45) is 0 Å². The topological polar surface area (TPSA) is 43.4 Å². The summed E-state index contributed by atoms with van der Waals surface area (Å²) in [6, 6.07) is 11.9. The van der Waals surface area contributed by atoms with Gasteiger partial charge in [0.15, 0.2) is 6.10 Å². The van der Waals surface area contributed by atoms with E-state index in [9.17, 15) is 22.8 Å². The third-order valence-electron chi connectivity index (χ3n) is 3.16. The Labute approximate surface area is 130 Å². The Balaban J connectivity index is 2.05. The van der Waals surface area contributed by atoms with Crippen molar-refractivity contribution in [3.8, 4) is 0 Å². The summed E-state index contributed by atoms with van der Waals surface area (Å²) in [6.07, 6.45) is -5.51. The summed E-state index contributed by atoms with van der Waals surface area (Å²) in [6.45, 7) is 1.41. The molecule has 0 amide bonds. The van der Waals surface area contributed by atoms with Crippen LogP contribution in [-0.4, -0.2) is 17.9 Å². The minimum absolute atomic E-state index is 0.0503. The molecule has 0 saturated carbocycles. The van der Waals surface area contributed by atoms with Gasteiger partial charge < -0.3 is 4.74 Å². The molecule has 0 bridgehead atoms. The molecule has 2 aromatic carbocycles. The second-order valence-corrected chi connectivity index (χ2v) is 4.85. The Morgan fingerprint density at radius 1 is 0.913 bits per heavy atom. The molecule has 120 valence electrons. The fourth-order valence-corrected chi connectivity index (χ4v) is 1.91. The van der Waals surface area contributed by atoms with E-state index >= 15 is 0 Å². The van der Waals surface area contributed by atoms with Crippen LogP contribution in [0.25, 0.3) is 0 Å². The normalized spacial score (nSPS) is 12.5. The van der Waals surface area contributed by atoms with E-state index in [4.69, 9.17) is 4.74 Å². The third kappa shape index (κ3) is 4.18. The summed E-state index contributed by atoms with van der Waals surface area (Å²) in [7, 11) is 0. The highest BCUT2D eigenvalue weighted by atomic mass is 19.4. The fourth-order valence-electron chi connectivity index (χ4n) is 1.91. The number of hydrogen-bond donors (Lipinski definition) is 0. The van der Waals surface area contributed by atoms with Gasteiger partial charge in [0.05, 0.1) is 11.1 Å². The highest BCUT2D eigenvalue weighted by Crippen LogP contribution is 2.29. The van der Waals surface area contributed by atoms with Crippen molar-refractivity contribution < 1.29 is 27.5 Å². The molecule has 0 fully saturated rings. The van der Waals surface area contributed by atoms with E-state index in [1.807, 2.05) is 0 Å². The molecule has 1 atom stereocenters. The van der Waals surface area contributed by atoms with E-state index in [1.54, 1.807) is 30.3 Å². The van der Waals surface area contributed by atoms with Crippen LogP contribution in [0.2, 0.25) is 0 Å². The number of carbonyl (C=O) groups excluding carboxylic acids is 2. The second kappa shape index (κ2) is 6.64. The first kappa shape index (κ1) is 16.7. The van der Waals surface area contributed by atoms with Gasteiger partial charge in [-0.15, -0.1) is 0 Å². The maximum Gasteiger partial charge on any atom is 0.416 e. The molecule has 0 heterocycles. The predicted octanol–water partition coefficient (Wildman–Crippen LogP) is 4.13. The largest absolute Gasteiger partial charge is 0.451 e. The molecule has 6 heteroatoms. The Hall–Kier alpha value is -2.63. The number of benzene rings is 2. The first-order valence-electron chi connectivity index (χ1n) is 6.76. The summed E-state index contributed by atoms with van der Waals surface area (Å²) < 4.78 is 42.4. The Kier molecular flexibility index (Phi) is 4.83. The molecule has 0 aliphatic rings. The molecule has 3 nitrogen and oxygen atoms in total. The summed E-state index contributed by atoms with van der Waals surface area (Å²) in [5, 5.41) is 0. The van der Waals surface area contributed by atoms with Crippen molar-refractivity contribution in [1.82, 2.24) is 0 Å². The highest BCUT2D eigenvalue weighted by molar-refractivity contribution is 6.01. The van der Waals surface area contributed by atoms with Crippen LogP contribution in [0.4, 0.5) is 13.2 Å². The van der Waals surface area contributed by atoms with Crippen LogP contribution >= 0.6 is 0 Å². The average Bonchev–Trinajstić information content (AvgIpc) is 2.54. The zero-order chi connectivity index (χ0) is 17.0. The van der Waals surface area contributed by atoms with Crippen LogP contribution in [0.3, 0.4) is 0 Å². The first-order chi connectivity index (χ1) is 10.8. The molecule has 0 aliphatic heterocycles. The van der Waals surface area contributed by atoms with Crippen LogP contribution in [0, 0.1) is 0 Å². The van der Waals surface area contributed by atoms with Gasteiger partial charge in [0.2, 0.25) is 5.78 Å². The molecule has 1 unspecified atom stereocenters. The van der Waals surface area contributed by atoms with Crippen molar-refractivity contribution in [1.29, 1.82) is 0 Å². The molecule has 0 radical (unpaired) electrons. The maximum absolute atomic E-state index is 12.5. The lowest BCUT2D eigenvalue weighted by Gasteiger charge is -2.13. The second-order valence-electron chi connectivity index (χ2n) is 4.85. The number of halogens is 3. The monoisotopic (exact) mass is 322 g/mol. The molecular weight excluding hydrogens is 309 g/mol. The Morgan fingerprint density at radius 2 is 1.48 bits per heavy atom. The molecule has 0 spiro atoms. The van der Waals surface area contributed by atoms with Crippen molar-refractivity contribution >= 4 is 11.8 Å². The van der Waals surface area contributed by atoms with Crippen LogP contribution < -0.4 is 0 Å². The smallest absolute Gasteiger partial charge is 0.416 e. The molecular formula is C17H13F3O3. The standard InChI is InChI=1S/C17H13F3O3/c1-11(15(21)12-5-3-2-4-6-12)23-16(22)13-7-9-14(10-8-13)17(18,19)20/h2-11H,1H3. The minimum Gasteiger partial charge on any atom is -0.451 e. The molecule has 2 rings (SSSR count). The lowest BCUT2D eigenvalue weighted by Crippen LogP contribution is -2.24. The van der Waals surface area contributed by atoms with Gasteiger partial charge >= 0.3 is 12.1 Å². The number of esters is 1. The van der Waals surface area contributed by atoms with Crippen LogP contribution in [0.15, 0.2) is 54.6 Å². The Morgan fingerprint density at radius 3 is 2.00 bits per heavy atom. The van der Waals surface area contributed by atoms with Crippen LogP contribution in [0.5, 0.6) is 0 Å². The first-order valence-corrected chi connectivity index (χ1v) is 6.76. The van der Waals surface area contributed by atoms with Crippen LogP contribution in [-0.2, 0) is 10.9 Å². The van der Waals surface area contributed by atoms with E-state index in [0.717, 1.165) is 24.3 Å². The molecule has 0 N–H and O–H groups in total. The SMILES string of the molecule is CC(OC(=O)c1ccc(C(F)(F)F)cc1)C(=O)c1ccccc1. The van der Waals surface area contributed by atoms with E-state index in [0.29, 0.717) is 5.56 Å². The number of Topliss-reactive ketones (excluding diaryl/α,β-unsaturated/α-hetero) is 1. The summed E-state index contributed by atoms with van der Waals surface area (Å²) in [5.41, 5.74) is -0.520. The molecule has 0 saturated heterocycles. The summed E-state index contributed by atoms with van der Waals surface area (Å²) in [4.78, 5) is 24.0. The van der Waals surface area contributed by atoms with Gasteiger partial charge in [0.1, 0.15) is 0 Å².